The minimum Gasteiger partial charge on any atom is -0.461 e. The zero-order chi connectivity index (χ0) is 14.8. The lowest BCUT2D eigenvalue weighted by Crippen LogP contribution is -2.46. The summed E-state index contributed by atoms with van der Waals surface area (Å²) in [7, 11) is 0. The van der Waals surface area contributed by atoms with Gasteiger partial charge in [-0.2, -0.15) is 0 Å². The van der Waals surface area contributed by atoms with Crippen LogP contribution in [0, 0.1) is 0 Å². The summed E-state index contributed by atoms with van der Waals surface area (Å²) in [6.07, 6.45) is 7.01. The van der Waals surface area contributed by atoms with E-state index in [1.165, 1.54) is 38.8 Å². The standard InChI is InChI=1S/C17H23N3O2/c1-2-9-20(8-1)15-5-3-7-19(13-15)12-14-11-17(22-18-14)16-6-4-10-21-16/h4,6,10-11,15H,1-3,5,7-9,12-13H2/t15-/m1/s1. The van der Waals surface area contributed by atoms with Crippen LogP contribution in [0.5, 0.6) is 0 Å². The van der Waals surface area contributed by atoms with E-state index in [2.05, 4.69) is 15.0 Å². The molecule has 4 heterocycles. The van der Waals surface area contributed by atoms with E-state index in [-0.39, 0.29) is 0 Å². The second kappa shape index (κ2) is 6.26. The summed E-state index contributed by atoms with van der Waals surface area (Å²) < 4.78 is 10.7. The van der Waals surface area contributed by atoms with Crippen LogP contribution in [0.15, 0.2) is 33.4 Å². The van der Waals surface area contributed by atoms with Crippen LogP contribution in [0.3, 0.4) is 0 Å². The van der Waals surface area contributed by atoms with Crippen molar-refractivity contribution in [2.45, 2.75) is 38.3 Å². The van der Waals surface area contributed by atoms with E-state index >= 15 is 0 Å². The van der Waals surface area contributed by atoms with Crippen LogP contribution in [0.2, 0.25) is 0 Å². The molecule has 0 radical (unpaired) electrons. The molecule has 2 aliphatic heterocycles. The molecule has 118 valence electrons. The van der Waals surface area contributed by atoms with Gasteiger partial charge < -0.3 is 8.94 Å². The molecule has 22 heavy (non-hydrogen) atoms. The molecule has 0 aromatic carbocycles. The van der Waals surface area contributed by atoms with Gasteiger partial charge in [0.1, 0.15) is 0 Å². The largest absolute Gasteiger partial charge is 0.461 e. The summed E-state index contributed by atoms with van der Waals surface area (Å²) in [5, 5.41) is 4.20. The first kappa shape index (κ1) is 14.0. The number of aromatic nitrogens is 1. The van der Waals surface area contributed by atoms with Crippen molar-refractivity contribution in [2.75, 3.05) is 26.2 Å². The van der Waals surface area contributed by atoms with Crippen molar-refractivity contribution in [1.29, 1.82) is 0 Å². The Labute approximate surface area is 130 Å². The molecule has 2 saturated heterocycles. The van der Waals surface area contributed by atoms with Gasteiger partial charge in [0.2, 0.25) is 5.76 Å². The Kier molecular flexibility index (Phi) is 3.99. The first-order valence-electron chi connectivity index (χ1n) is 8.34. The predicted molar refractivity (Wildman–Crippen MR) is 83.3 cm³/mol. The van der Waals surface area contributed by atoms with Gasteiger partial charge in [-0.3, -0.25) is 9.80 Å². The van der Waals surface area contributed by atoms with E-state index in [0.29, 0.717) is 5.76 Å². The Morgan fingerprint density at radius 3 is 2.86 bits per heavy atom. The smallest absolute Gasteiger partial charge is 0.202 e. The maximum Gasteiger partial charge on any atom is 0.202 e. The molecule has 4 rings (SSSR count). The SMILES string of the molecule is c1coc(-c2cc(CN3CCC[C@@H](N4CCCC4)C3)no2)c1. The minimum absolute atomic E-state index is 0.716. The van der Waals surface area contributed by atoms with Crippen molar-refractivity contribution in [1.82, 2.24) is 15.0 Å². The zero-order valence-electron chi connectivity index (χ0n) is 12.9. The van der Waals surface area contributed by atoms with E-state index < -0.39 is 0 Å². The quantitative estimate of drug-likeness (QED) is 0.868. The van der Waals surface area contributed by atoms with Gasteiger partial charge in [0.15, 0.2) is 5.76 Å². The average Bonchev–Trinajstić information content (AvgIpc) is 3.29. The van der Waals surface area contributed by atoms with E-state index in [0.717, 1.165) is 37.1 Å². The Hall–Kier alpha value is -1.59. The maximum atomic E-state index is 5.40. The second-order valence-electron chi connectivity index (χ2n) is 6.43. The Balaban J connectivity index is 1.38. The van der Waals surface area contributed by atoms with Gasteiger partial charge in [0, 0.05) is 25.2 Å². The molecular formula is C17H23N3O2. The predicted octanol–water partition coefficient (Wildman–Crippen LogP) is 2.99. The summed E-state index contributed by atoms with van der Waals surface area (Å²) in [4.78, 5) is 5.18. The van der Waals surface area contributed by atoms with Crippen molar-refractivity contribution in [3.63, 3.8) is 0 Å². The number of hydrogen-bond donors (Lipinski definition) is 0. The van der Waals surface area contributed by atoms with E-state index in [1.54, 1.807) is 6.26 Å². The zero-order valence-corrected chi connectivity index (χ0v) is 12.9. The maximum absolute atomic E-state index is 5.40. The molecule has 1 atom stereocenters. The molecule has 2 aromatic rings. The van der Waals surface area contributed by atoms with Gasteiger partial charge in [-0.05, 0) is 57.5 Å². The van der Waals surface area contributed by atoms with Gasteiger partial charge in [0.05, 0.1) is 12.0 Å². The lowest BCUT2D eigenvalue weighted by atomic mass is 10.0. The molecule has 0 unspecified atom stereocenters. The molecule has 0 N–H and O–H groups in total. The lowest BCUT2D eigenvalue weighted by molar-refractivity contribution is 0.109. The third kappa shape index (κ3) is 2.96. The highest BCUT2D eigenvalue weighted by molar-refractivity contribution is 5.49. The molecule has 5 nitrogen and oxygen atoms in total. The van der Waals surface area contributed by atoms with E-state index in [1.807, 2.05) is 18.2 Å². The van der Waals surface area contributed by atoms with Crippen LogP contribution < -0.4 is 0 Å². The van der Waals surface area contributed by atoms with E-state index in [9.17, 15) is 0 Å². The van der Waals surface area contributed by atoms with Crippen LogP contribution in [0.4, 0.5) is 0 Å². The highest BCUT2D eigenvalue weighted by Gasteiger charge is 2.27. The molecule has 0 bridgehead atoms. The third-order valence-electron chi connectivity index (χ3n) is 4.85. The van der Waals surface area contributed by atoms with Crippen molar-refractivity contribution in [2.24, 2.45) is 0 Å². The Morgan fingerprint density at radius 2 is 2.05 bits per heavy atom. The summed E-state index contributed by atoms with van der Waals surface area (Å²) in [5.74, 6) is 1.46. The number of likely N-dealkylation sites (tertiary alicyclic amines) is 2. The minimum atomic E-state index is 0.716. The topological polar surface area (TPSA) is 45.7 Å². The molecule has 5 heteroatoms. The van der Waals surface area contributed by atoms with Crippen molar-refractivity contribution >= 4 is 0 Å². The third-order valence-corrected chi connectivity index (χ3v) is 4.85. The molecule has 0 amide bonds. The molecule has 2 aliphatic rings. The van der Waals surface area contributed by atoms with Crippen LogP contribution in [0.1, 0.15) is 31.4 Å². The fourth-order valence-electron chi connectivity index (χ4n) is 3.73. The van der Waals surface area contributed by atoms with Gasteiger partial charge >= 0.3 is 0 Å². The summed E-state index contributed by atoms with van der Waals surface area (Å²) in [6.45, 7) is 5.75. The highest BCUT2D eigenvalue weighted by Crippen LogP contribution is 2.24. The molecule has 0 saturated carbocycles. The van der Waals surface area contributed by atoms with Crippen LogP contribution in [0.25, 0.3) is 11.5 Å². The highest BCUT2D eigenvalue weighted by atomic mass is 16.5. The summed E-state index contributed by atoms with van der Waals surface area (Å²) in [6, 6.07) is 6.49. The molecule has 0 spiro atoms. The first-order chi connectivity index (χ1) is 10.9. The fraction of sp³-hybridized carbons (Fsp3) is 0.588. The number of rotatable bonds is 4. The van der Waals surface area contributed by atoms with Gasteiger partial charge in [-0.25, -0.2) is 0 Å². The molecule has 0 aliphatic carbocycles. The van der Waals surface area contributed by atoms with Gasteiger partial charge in [-0.15, -0.1) is 0 Å². The van der Waals surface area contributed by atoms with Crippen LogP contribution >= 0.6 is 0 Å². The Morgan fingerprint density at radius 1 is 1.14 bits per heavy atom. The fourth-order valence-corrected chi connectivity index (χ4v) is 3.73. The number of hydrogen-bond acceptors (Lipinski definition) is 5. The first-order valence-corrected chi connectivity index (χ1v) is 8.34. The van der Waals surface area contributed by atoms with Crippen LogP contribution in [-0.4, -0.2) is 47.2 Å². The average molecular weight is 301 g/mol. The molecule has 2 fully saturated rings. The van der Waals surface area contributed by atoms with Crippen molar-refractivity contribution < 1.29 is 8.94 Å². The number of piperidine rings is 1. The van der Waals surface area contributed by atoms with Gasteiger partial charge in [0.25, 0.3) is 0 Å². The second-order valence-corrected chi connectivity index (χ2v) is 6.43. The normalized spacial score (nSPS) is 24.1. The van der Waals surface area contributed by atoms with Crippen LogP contribution in [-0.2, 0) is 6.54 Å². The molecule has 2 aromatic heterocycles. The Bertz CT molecular complexity index is 587. The summed E-state index contributed by atoms with van der Waals surface area (Å²) >= 11 is 0. The number of nitrogens with zero attached hydrogens (tertiary/aromatic N) is 3. The van der Waals surface area contributed by atoms with E-state index in [4.69, 9.17) is 8.94 Å². The number of furan rings is 1. The van der Waals surface area contributed by atoms with Gasteiger partial charge in [-0.1, -0.05) is 5.16 Å². The van der Waals surface area contributed by atoms with Crippen molar-refractivity contribution in [3.05, 3.63) is 30.2 Å². The summed E-state index contributed by atoms with van der Waals surface area (Å²) in [5.41, 5.74) is 0.994. The monoisotopic (exact) mass is 301 g/mol. The lowest BCUT2D eigenvalue weighted by Gasteiger charge is -2.37. The van der Waals surface area contributed by atoms with Crippen molar-refractivity contribution in [3.8, 4) is 11.5 Å². The molecular weight excluding hydrogens is 278 g/mol.